The molecule has 1 heterocycles. The lowest BCUT2D eigenvalue weighted by molar-refractivity contribution is -0.116. The maximum absolute atomic E-state index is 12.4. The minimum atomic E-state index is -4.30. The second-order valence-electron chi connectivity index (χ2n) is 5.69. The summed E-state index contributed by atoms with van der Waals surface area (Å²) < 4.78 is 43.7. The Labute approximate surface area is 156 Å². The van der Waals surface area contributed by atoms with E-state index in [9.17, 15) is 22.8 Å². The lowest BCUT2D eigenvalue weighted by Crippen LogP contribution is -2.20. The Morgan fingerprint density at radius 2 is 1.81 bits per heavy atom. The van der Waals surface area contributed by atoms with E-state index in [4.69, 9.17) is 4.42 Å². The maximum Gasteiger partial charge on any atom is 0.419 e. The molecule has 9 heteroatoms. The zero-order valence-corrected chi connectivity index (χ0v) is 14.8. The average Bonchev–Trinajstić information content (AvgIpc) is 2.93. The van der Waals surface area contributed by atoms with E-state index >= 15 is 0 Å². The van der Waals surface area contributed by atoms with Gasteiger partial charge in [-0.15, -0.1) is 11.8 Å². The Bertz CT molecular complexity index is 1010. The standard InChI is InChI=1S/C18H15F3N2O3S/c19-18(20,21)11-27-15-8-4-1-5-12(15)22-16(24)9-10-23-13-6-2-3-7-14(13)26-17(23)25/h1-8H,9-11H2,(H,22,24). The SMILES string of the molecule is O=C(CCn1c(=O)oc2ccccc21)Nc1ccccc1SCC(F)(F)F. The molecule has 2 aromatic carbocycles. The predicted octanol–water partition coefficient (Wildman–Crippen LogP) is 4.28. The van der Waals surface area contributed by atoms with Crippen LogP contribution in [-0.4, -0.2) is 22.4 Å². The Balaban J connectivity index is 1.66. The van der Waals surface area contributed by atoms with Gasteiger partial charge in [-0.1, -0.05) is 24.3 Å². The number of fused-ring (bicyclic) bond motifs is 1. The number of halogens is 3. The van der Waals surface area contributed by atoms with Crippen molar-refractivity contribution in [1.29, 1.82) is 0 Å². The van der Waals surface area contributed by atoms with Gasteiger partial charge in [-0.2, -0.15) is 13.2 Å². The fraction of sp³-hybridized carbons (Fsp3) is 0.222. The molecule has 0 saturated heterocycles. The number of benzene rings is 2. The summed E-state index contributed by atoms with van der Waals surface area (Å²) >= 11 is 0.606. The van der Waals surface area contributed by atoms with E-state index in [1.807, 2.05) is 0 Å². The third kappa shape index (κ3) is 4.94. The summed E-state index contributed by atoms with van der Waals surface area (Å²) in [6.45, 7) is 0.0968. The molecule has 0 aliphatic heterocycles. The van der Waals surface area contributed by atoms with Crippen molar-refractivity contribution in [3.05, 3.63) is 59.1 Å². The average molecular weight is 396 g/mol. The van der Waals surface area contributed by atoms with Crippen LogP contribution in [0.3, 0.4) is 0 Å². The summed E-state index contributed by atoms with van der Waals surface area (Å²) in [5, 5.41) is 2.60. The lowest BCUT2D eigenvalue weighted by atomic mass is 10.3. The van der Waals surface area contributed by atoms with Crippen LogP contribution in [0, 0.1) is 0 Å². The predicted molar refractivity (Wildman–Crippen MR) is 96.9 cm³/mol. The molecule has 1 N–H and O–H groups in total. The quantitative estimate of drug-likeness (QED) is 0.632. The molecule has 5 nitrogen and oxygen atoms in total. The van der Waals surface area contributed by atoms with Gasteiger partial charge in [-0.25, -0.2) is 4.79 Å². The van der Waals surface area contributed by atoms with Crippen molar-refractivity contribution in [2.75, 3.05) is 11.1 Å². The Kier molecular flexibility index (Phi) is 5.59. The van der Waals surface area contributed by atoms with Gasteiger partial charge >= 0.3 is 11.9 Å². The number of aryl methyl sites for hydroxylation is 1. The summed E-state index contributed by atoms with van der Waals surface area (Å²) in [4.78, 5) is 24.4. The molecule has 27 heavy (non-hydrogen) atoms. The van der Waals surface area contributed by atoms with Gasteiger partial charge in [0.25, 0.3) is 0 Å². The first kappa shape index (κ1) is 19.1. The van der Waals surface area contributed by atoms with Crippen LogP contribution >= 0.6 is 11.8 Å². The number of nitrogens with one attached hydrogen (secondary N) is 1. The maximum atomic E-state index is 12.4. The normalized spacial score (nSPS) is 11.7. The molecule has 0 fully saturated rings. The van der Waals surface area contributed by atoms with Gasteiger partial charge in [0, 0.05) is 17.9 Å². The van der Waals surface area contributed by atoms with Crippen molar-refractivity contribution in [2.45, 2.75) is 24.0 Å². The number of amides is 1. The summed E-state index contributed by atoms with van der Waals surface area (Å²) in [5.41, 5.74) is 1.31. The van der Waals surface area contributed by atoms with E-state index in [1.165, 1.54) is 16.7 Å². The molecular formula is C18H15F3N2O3S. The van der Waals surface area contributed by atoms with Crippen molar-refractivity contribution in [2.24, 2.45) is 0 Å². The highest BCUT2D eigenvalue weighted by molar-refractivity contribution is 7.99. The van der Waals surface area contributed by atoms with Crippen LogP contribution in [0.5, 0.6) is 0 Å². The minimum Gasteiger partial charge on any atom is -0.408 e. The van der Waals surface area contributed by atoms with Crippen molar-refractivity contribution in [3.63, 3.8) is 0 Å². The number of rotatable bonds is 6. The molecule has 0 bridgehead atoms. The Hall–Kier alpha value is -2.68. The second-order valence-corrected chi connectivity index (χ2v) is 6.70. The van der Waals surface area contributed by atoms with E-state index in [-0.39, 0.29) is 13.0 Å². The fourth-order valence-electron chi connectivity index (χ4n) is 2.51. The molecule has 0 saturated carbocycles. The fourth-order valence-corrected chi connectivity index (χ4v) is 3.28. The number of thioether (sulfide) groups is 1. The molecule has 0 unspecified atom stereocenters. The van der Waals surface area contributed by atoms with E-state index < -0.39 is 23.6 Å². The molecule has 3 rings (SSSR count). The third-order valence-electron chi connectivity index (χ3n) is 3.69. The van der Waals surface area contributed by atoms with Gasteiger partial charge in [-0.05, 0) is 24.3 Å². The summed E-state index contributed by atoms with van der Waals surface area (Å²) in [6.07, 6.45) is -4.33. The highest BCUT2D eigenvalue weighted by Gasteiger charge is 2.27. The molecule has 142 valence electrons. The van der Waals surface area contributed by atoms with Gasteiger partial charge < -0.3 is 9.73 Å². The number of carbonyl (C=O) groups is 1. The van der Waals surface area contributed by atoms with Crippen LogP contribution in [0.4, 0.5) is 18.9 Å². The number of aromatic nitrogens is 1. The minimum absolute atomic E-state index is 0.0261. The summed E-state index contributed by atoms with van der Waals surface area (Å²) in [6, 6.07) is 13.1. The second kappa shape index (κ2) is 7.91. The van der Waals surface area contributed by atoms with Gasteiger partial charge in [0.2, 0.25) is 5.91 Å². The van der Waals surface area contributed by atoms with Crippen molar-refractivity contribution in [1.82, 2.24) is 4.57 Å². The molecule has 0 aliphatic carbocycles. The van der Waals surface area contributed by atoms with Crippen molar-refractivity contribution < 1.29 is 22.4 Å². The van der Waals surface area contributed by atoms with Crippen LogP contribution in [0.25, 0.3) is 11.1 Å². The number of oxazole rings is 1. The molecule has 0 aliphatic rings. The largest absolute Gasteiger partial charge is 0.419 e. The Morgan fingerprint density at radius 3 is 2.59 bits per heavy atom. The van der Waals surface area contributed by atoms with E-state index in [0.717, 1.165) is 0 Å². The van der Waals surface area contributed by atoms with Crippen LogP contribution in [0.2, 0.25) is 0 Å². The molecular weight excluding hydrogens is 381 g/mol. The molecule has 0 radical (unpaired) electrons. The summed E-state index contributed by atoms with van der Waals surface area (Å²) in [5.74, 6) is -2.02. The first-order valence-electron chi connectivity index (χ1n) is 8.00. The van der Waals surface area contributed by atoms with E-state index in [2.05, 4.69) is 5.32 Å². The zero-order chi connectivity index (χ0) is 19.4. The molecule has 1 aromatic heterocycles. The summed E-state index contributed by atoms with van der Waals surface area (Å²) in [7, 11) is 0. The third-order valence-corrected chi connectivity index (χ3v) is 4.83. The number of carbonyl (C=O) groups excluding carboxylic acids is 1. The van der Waals surface area contributed by atoms with Gasteiger partial charge in [0.15, 0.2) is 5.58 Å². The van der Waals surface area contributed by atoms with E-state index in [1.54, 1.807) is 36.4 Å². The van der Waals surface area contributed by atoms with Gasteiger partial charge in [0.1, 0.15) is 0 Å². The van der Waals surface area contributed by atoms with Crippen LogP contribution < -0.4 is 11.1 Å². The Morgan fingerprint density at radius 1 is 1.11 bits per heavy atom. The molecule has 3 aromatic rings. The number of nitrogens with zero attached hydrogens (tertiary/aromatic N) is 1. The van der Waals surface area contributed by atoms with Crippen LogP contribution in [0.1, 0.15) is 6.42 Å². The molecule has 0 atom stereocenters. The first-order chi connectivity index (χ1) is 12.8. The molecule has 0 spiro atoms. The zero-order valence-electron chi connectivity index (χ0n) is 14.0. The topological polar surface area (TPSA) is 64.2 Å². The first-order valence-corrected chi connectivity index (χ1v) is 8.99. The number of anilines is 1. The molecule has 1 amide bonds. The van der Waals surface area contributed by atoms with Crippen molar-refractivity contribution >= 4 is 34.5 Å². The smallest absolute Gasteiger partial charge is 0.408 e. The number of hydrogen-bond donors (Lipinski definition) is 1. The van der Waals surface area contributed by atoms with Gasteiger partial charge in [0.05, 0.1) is 17.0 Å². The van der Waals surface area contributed by atoms with Crippen LogP contribution in [-0.2, 0) is 11.3 Å². The highest BCUT2D eigenvalue weighted by atomic mass is 32.2. The highest BCUT2D eigenvalue weighted by Crippen LogP contribution is 2.32. The van der Waals surface area contributed by atoms with Crippen LogP contribution in [0.15, 0.2) is 62.6 Å². The number of hydrogen-bond acceptors (Lipinski definition) is 4. The van der Waals surface area contributed by atoms with Crippen molar-refractivity contribution in [3.8, 4) is 0 Å². The lowest BCUT2D eigenvalue weighted by Gasteiger charge is -2.12. The van der Waals surface area contributed by atoms with E-state index in [0.29, 0.717) is 33.4 Å². The van der Waals surface area contributed by atoms with Gasteiger partial charge in [-0.3, -0.25) is 9.36 Å². The monoisotopic (exact) mass is 396 g/mol. The number of alkyl halides is 3. The number of para-hydroxylation sites is 3.